The lowest BCUT2D eigenvalue weighted by Gasteiger charge is -2.09. The molecule has 0 unspecified atom stereocenters. The van der Waals surface area contributed by atoms with Crippen LogP contribution in [0.1, 0.15) is 10.4 Å². The molecule has 0 aromatic heterocycles. The van der Waals surface area contributed by atoms with Gasteiger partial charge in [-0.1, -0.05) is 12.1 Å². The summed E-state index contributed by atoms with van der Waals surface area (Å²) in [5, 5.41) is 13.2. The third-order valence-electron chi connectivity index (χ3n) is 3.10. The fourth-order valence-corrected chi connectivity index (χ4v) is 2.33. The quantitative estimate of drug-likeness (QED) is 0.446. The number of nitrogens with zero attached hydrogens (tertiary/aromatic N) is 1. The molecule has 2 aromatic rings. The van der Waals surface area contributed by atoms with Crippen LogP contribution in [-0.2, 0) is 9.53 Å². The van der Waals surface area contributed by atoms with E-state index >= 15 is 0 Å². The number of amides is 1. The van der Waals surface area contributed by atoms with Crippen LogP contribution in [-0.4, -0.2) is 30.5 Å². The molecule has 0 heterocycles. The highest BCUT2D eigenvalue weighted by Gasteiger charge is 2.17. The Labute approximate surface area is 151 Å². The Kier molecular flexibility index (Phi) is 6.07. The van der Waals surface area contributed by atoms with Crippen LogP contribution in [0.2, 0.25) is 0 Å². The number of nitro benzene ring substituents is 1. The van der Waals surface area contributed by atoms with Crippen molar-refractivity contribution in [3.05, 3.63) is 62.6 Å². The van der Waals surface area contributed by atoms with Gasteiger partial charge in [0, 0.05) is 10.5 Å². The van der Waals surface area contributed by atoms with Gasteiger partial charge >= 0.3 is 5.97 Å². The molecule has 0 saturated heterocycles. The molecule has 0 aliphatic rings. The van der Waals surface area contributed by atoms with Gasteiger partial charge in [0.25, 0.3) is 11.6 Å². The van der Waals surface area contributed by atoms with E-state index in [2.05, 4.69) is 21.2 Å². The molecular weight excluding hydrogens is 396 g/mol. The first-order chi connectivity index (χ1) is 11.9. The van der Waals surface area contributed by atoms with Crippen molar-refractivity contribution in [2.45, 2.75) is 0 Å². The number of methoxy groups -OCH3 is 1. The summed E-state index contributed by atoms with van der Waals surface area (Å²) in [6.45, 7) is -0.589. The number of carbonyl (C=O) groups is 2. The molecule has 2 aromatic carbocycles. The zero-order valence-corrected chi connectivity index (χ0v) is 14.6. The van der Waals surface area contributed by atoms with Crippen molar-refractivity contribution < 1.29 is 24.0 Å². The molecular formula is C16H13BrN2O6. The number of nitrogens with one attached hydrogen (secondary N) is 1. The van der Waals surface area contributed by atoms with Crippen LogP contribution in [0.5, 0.6) is 5.75 Å². The molecule has 0 saturated carbocycles. The number of nitro groups is 1. The van der Waals surface area contributed by atoms with Crippen molar-refractivity contribution in [2.24, 2.45) is 0 Å². The summed E-state index contributed by atoms with van der Waals surface area (Å²) in [6, 6.07) is 10.4. The molecule has 0 radical (unpaired) electrons. The molecule has 0 spiro atoms. The van der Waals surface area contributed by atoms with Crippen LogP contribution in [0.3, 0.4) is 0 Å². The minimum Gasteiger partial charge on any atom is -0.497 e. The number of esters is 1. The molecule has 25 heavy (non-hydrogen) atoms. The Morgan fingerprint density at radius 2 is 1.96 bits per heavy atom. The van der Waals surface area contributed by atoms with Gasteiger partial charge in [0.2, 0.25) is 0 Å². The van der Waals surface area contributed by atoms with Crippen LogP contribution in [0.25, 0.3) is 0 Å². The number of rotatable bonds is 6. The number of benzene rings is 2. The van der Waals surface area contributed by atoms with Gasteiger partial charge in [-0.2, -0.15) is 0 Å². The van der Waals surface area contributed by atoms with Gasteiger partial charge in [-0.25, -0.2) is 4.79 Å². The van der Waals surface area contributed by atoms with Crippen LogP contribution >= 0.6 is 15.9 Å². The van der Waals surface area contributed by atoms with E-state index in [0.29, 0.717) is 10.2 Å². The van der Waals surface area contributed by atoms with E-state index in [1.165, 1.54) is 31.4 Å². The van der Waals surface area contributed by atoms with Crippen molar-refractivity contribution in [3.63, 3.8) is 0 Å². The first-order valence-electron chi connectivity index (χ1n) is 6.96. The van der Waals surface area contributed by atoms with Crippen LogP contribution in [0, 0.1) is 10.1 Å². The van der Waals surface area contributed by atoms with Crippen LogP contribution < -0.4 is 10.1 Å². The van der Waals surface area contributed by atoms with Gasteiger partial charge in [0.1, 0.15) is 11.4 Å². The van der Waals surface area contributed by atoms with Crippen molar-refractivity contribution in [1.29, 1.82) is 0 Å². The summed E-state index contributed by atoms with van der Waals surface area (Å²) in [4.78, 5) is 34.2. The molecule has 0 aliphatic heterocycles. The van der Waals surface area contributed by atoms with Crippen LogP contribution in [0.4, 0.5) is 11.4 Å². The lowest BCUT2D eigenvalue weighted by atomic mass is 10.2. The highest BCUT2D eigenvalue weighted by Crippen LogP contribution is 2.24. The van der Waals surface area contributed by atoms with Gasteiger partial charge in [0.15, 0.2) is 6.61 Å². The summed E-state index contributed by atoms with van der Waals surface area (Å²) in [5.41, 5.74) is -0.0355. The largest absolute Gasteiger partial charge is 0.497 e. The third-order valence-corrected chi connectivity index (χ3v) is 3.79. The summed E-state index contributed by atoms with van der Waals surface area (Å²) < 4.78 is 10.4. The first kappa shape index (κ1) is 18.4. The van der Waals surface area contributed by atoms with E-state index < -0.39 is 23.4 Å². The maximum absolute atomic E-state index is 12.1. The molecule has 0 bridgehead atoms. The first-order valence-corrected chi connectivity index (χ1v) is 7.75. The lowest BCUT2D eigenvalue weighted by Crippen LogP contribution is -2.21. The van der Waals surface area contributed by atoms with Gasteiger partial charge in [-0.05, 0) is 40.2 Å². The Morgan fingerprint density at radius 3 is 2.64 bits per heavy atom. The number of anilines is 1. The van der Waals surface area contributed by atoms with E-state index in [1.807, 2.05) is 0 Å². The molecule has 9 heteroatoms. The SMILES string of the molecule is COc1ccc(Br)c(C(=O)OCC(=O)Nc2ccccc2[N+](=O)[O-])c1. The minimum atomic E-state index is -0.733. The molecule has 1 N–H and O–H groups in total. The predicted octanol–water partition coefficient (Wildman–Crippen LogP) is 3.16. The Morgan fingerprint density at radius 1 is 1.24 bits per heavy atom. The number of hydrogen-bond donors (Lipinski definition) is 1. The van der Waals surface area contributed by atoms with Crippen LogP contribution in [0.15, 0.2) is 46.9 Å². The Bertz CT molecular complexity index is 824. The number of carbonyl (C=O) groups excluding carboxylic acids is 2. The number of halogens is 1. The number of para-hydroxylation sites is 2. The maximum atomic E-state index is 12.1. The average Bonchev–Trinajstić information content (AvgIpc) is 2.60. The monoisotopic (exact) mass is 408 g/mol. The number of ether oxygens (including phenoxy) is 2. The highest BCUT2D eigenvalue weighted by molar-refractivity contribution is 9.10. The second kappa shape index (κ2) is 8.25. The zero-order chi connectivity index (χ0) is 18.4. The van der Waals surface area contributed by atoms with E-state index in [4.69, 9.17) is 9.47 Å². The molecule has 0 aliphatic carbocycles. The average molecular weight is 409 g/mol. The zero-order valence-electron chi connectivity index (χ0n) is 13.0. The summed E-state index contributed by atoms with van der Waals surface area (Å²) in [7, 11) is 1.46. The van der Waals surface area contributed by atoms with Crippen molar-refractivity contribution >= 4 is 39.2 Å². The fourth-order valence-electron chi connectivity index (χ4n) is 1.92. The van der Waals surface area contributed by atoms with E-state index in [9.17, 15) is 19.7 Å². The molecule has 0 atom stereocenters. The standard InChI is InChI=1S/C16H13BrN2O6/c1-24-10-6-7-12(17)11(8-10)16(21)25-9-15(20)18-13-4-2-3-5-14(13)19(22)23/h2-8H,9H2,1H3,(H,18,20). The van der Waals surface area contributed by atoms with Crippen molar-refractivity contribution in [3.8, 4) is 5.75 Å². The Balaban J connectivity index is 2.01. The topological polar surface area (TPSA) is 108 Å². The Hall–Kier alpha value is -2.94. The second-order valence-corrected chi connectivity index (χ2v) is 5.60. The van der Waals surface area contributed by atoms with E-state index in [-0.39, 0.29) is 16.9 Å². The fraction of sp³-hybridized carbons (Fsp3) is 0.125. The molecule has 130 valence electrons. The minimum absolute atomic E-state index is 0.0242. The maximum Gasteiger partial charge on any atom is 0.339 e. The van der Waals surface area contributed by atoms with E-state index in [0.717, 1.165) is 0 Å². The summed E-state index contributed by atoms with van der Waals surface area (Å²) >= 11 is 3.21. The highest BCUT2D eigenvalue weighted by atomic mass is 79.9. The predicted molar refractivity (Wildman–Crippen MR) is 92.7 cm³/mol. The third kappa shape index (κ3) is 4.77. The van der Waals surface area contributed by atoms with Gasteiger partial charge < -0.3 is 14.8 Å². The van der Waals surface area contributed by atoms with Gasteiger partial charge in [0.05, 0.1) is 17.6 Å². The second-order valence-electron chi connectivity index (χ2n) is 4.74. The van der Waals surface area contributed by atoms with Gasteiger partial charge in [-0.15, -0.1) is 0 Å². The van der Waals surface area contributed by atoms with E-state index in [1.54, 1.807) is 18.2 Å². The molecule has 1 amide bonds. The normalized spacial score (nSPS) is 10.0. The molecule has 8 nitrogen and oxygen atoms in total. The molecule has 0 fully saturated rings. The molecule has 2 rings (SSSR count). The number of hydrogen-bond acceptors (Lipinski definition) is 6. The van der Waals surface area contributed by atoms with Crippen molar-refractivity contribution in [2.75, 3.05) is 19.0 Å². The van der Waals surface area contributed by atoms with Gasteiger partial charge in [-0.3, -0.25) is 14.9 Å². The summed E-state index contributed by atoms with van der Waals surface area (Å²) in [5.74, 6) is -0.968. The lowest BCUT2D eigenvalue weighted by molar-refractivity contribution is -0.383. The van der Waals surface area contributed by atoms with Crippen molar-refractivity contribution in [1.82, 2.24) is 0 Å². The smallest absolute Gasteiger partial charge is 0.339 e. The summed E-state index contributed by atoms with van der Waals surface area (Å²) in [6.07, 6.45) is 0.